The van der Waals surface area contributed by atoms with Gasteiger partial charge >= 0.3 is 5.97 Å². The Bertz CT molecular complexity index is 822. The highest BCUT2D eigenvalue weighted by molar-refractivity contribution is 7.99. The standard InChI is InChI=1S/C20H23NO6S/c1-24-13-5-7-14(8-6-13)28-10-9-19(22)21-16-12-18(26-3)17(25-2)11-15(16)20(23)27-4/h5-8,11-12H,9-10H2,1-4H3,(H,21,22). The molecule has 2 rings (SSSR count). The third-order valence-corrected chi connectivity index (χ3v) is 4.87. The van der Waals surface area contributed by atoms with Crippen LogP contribution in [0.1, 0.15) is 16.8 Å². The number of benzene rings is 2. The van der Waals surface area contributed by atoms with E-state index in [2.05, 4.69) is 5.32 Å². The highest BCUT2D eigenvalue weighted by atomic mass is 32.2. The Morgan fingerprint density at radius 3 is 2.14 bits per heavy atom. The van der Waals surface area contributed by atoms with Crippen LogP contribution < -0.4 is 19.5 Å². The molecular formula is C20H23NO6S. The Kier molecular flexibility index (Phi) is 8.01. The molecule has 0 aromatic heterocycles. The lowest BCUT2D eigenvalue weighted by Crippen LogP contribution is -2.16. The van der Waals surface area contributed by atoms with Crippen molar-refractivity contribution in [3.8, 4) is 17.2 Å². The minimum atomic E-state index is -0.580. The Morgan fingerprint density at radius 1 is 0.929 bits per heavy atom. The molecule has 1 amide bonds. The largest absolute Gasteiger partial charge is 0.497 e. The molecular weight excluding hydrogens is 382 g/mol. The second-order valence-corrected chi connectivity index (χ2v) is 6.73. The number of esters is 1. The molecule has 1 N–H and O–H groups in total. The van der Waals surface area contributed by atoms with Crippen molar-refractivity contribution in [2.45, 2.75) is 11.3 Å². The topological polar surface area (TPSA) is 83.1 Å². The molecule has 0 radical (unpaired) electrons. The molecule has 0 spiro atoms. The second kappa shape index (κ2) is 10.5. The lowest BCUT2D eigenvalue weighted by atomic mass is 10.1. The first-order valence-corrected chi connectivity index (χ1v) is 9.42. The summed E-state index contributed by atoms with van der Waals surface area (Å²) in [7, 11) is 5.83. The summed E-state index contributed by atoms with van der Waals surface area (Å²) < 4.78 is 20.4. The van der Waals surface area contributed by atoms with Gasteiger partial charge in [0.05, 0.1) is 39.7 Å². The van der Waals surface area contributed by atoms with E-state index in [1.807, 2.05) is 24.3 Å². The van der Waals surface area contributed by atoms with E-state index in [1.165, 1.54) is 27.4 Å². The molecule has 2 aromatic rings. The summed E-state index contributed by atoms with van der Waals surface area (Å²) >= 11 is 1.55. The van der Waals surface area contributed by atoms with Gasteiger partial charge in [-0.1, -0.05) is 0 Å². The molecule has 28 heavy (non-hydrogen) atoms. The first-order chi connectivity index (χ1) is 13.5. The fourth-order valence-electron chi connectivity index (χ4n) is 2.41. The van der Waals surface area contributed by atoms with Crippen LogP contribution in [-0.4, -0.2) is 46.1 Å². The van der Waals surface area contributed by atoms with Crippen molar-refractivity contribution in [2.75, 3.05) is 39.5 Å². The van der Waals surface area contributed by atoms with E-state index < -0.39 is 5.97 Å². The van der Waals surface area contributed by atoms with E-state index in [1.54, 1.807) is 24.9 Å². The number of ether oxygens (including phenoxy) is 4. The molecule has 2 aromatic carbocycles. The summed E-state index contributed by atoms with van der Waals surface area (Å²) in [4.78, 5) is 25.4. The normalized spacial score (nSPS) is 10.1. The van der Waals surface area contributed by atoms with Gasteiger partial charge in [0.1, 0.15) is 5.75 Å². The smallest absolute Gasteiger partial charge is 0.340 e. The van der Waals surface area contributed by atoms with E-state index in [9.17, 15) is 9.59 Å². The first kappa shape index (κ1) is 21.4. The van der Waals surface area contributed by atoms with Crippen LogP contribution >= 0.6 is 11.8 Å². The molecule has 150 valence electrons. The van der Waals surface area contributed by atoms with Gasteiger partial charge in [0.25, 0.3) is 0 Å². The highest BCUT2D eigenvalue weighted by Crippen LogP contribution is 2.34. The zero-order valence-corrected chi connectivity index (χ0v) is 17.1. The van der Waals surface area contributed by atoms with Gasteiger partial charge in [-0.05, 0) is 24.3 Å². The average Bonchev–Trinajstić information content (AvgIpc) is 2.73. The van der Waals surface area contributed by atoms with E-state index in [4.69, 9.17) is 18.9 Å². The van der Waals surface area contributed by atoms with Crippen LogP contribution in [0.3, 0.4) is 0 Å². The summed E-state index contributed by atoms with van der Waals surface area (Å²) in [5.41, 5.74) is 0.500. The Labute approximate surface area is 168 Å². The third kappa shape index (κ3) is 5.56. The number of thioether (sulfide) groups is 1. The van der Waals surface area contributed by atoms with Crippen LogP contribution in [0.4, 0.5) is 5.69 Å². The van der Waals surface area contributed by atoms with Crippen molar-refractivity contribution in [3.63, 3.8) is 0 Å². The lowest BCUT2D eigenvalue weighted by molar-refractivity contribution is -0.115. The minimum Gasteiger partial charge on any atom is -0.497 e. The SMILES string of the molecule is COC(=O)c1cc(OC)c(OC)cc1NC(=O)CCSc1ccc(OC)cc1. The molecule has 0 atom stereocenters. The van der Waals surface area contributed by atoms with Gasteiger partial charge in [0.2, 0.25) is 5.91 Å². The quantitative estimate of drug-likeness (QED) is 0.504. The fourth-order valence-corrected chi connectivity index (χ4v) is 3.26. The Balaban J connectivity index is 2.04. The number of carbonyl (C=O) groups excluding carboxylic acids is 2. The molecule has 0 aliphatic carbocycles. The maximum Gasteiger partial charge on any atom is 0.340 e. The monoisotopic (exact) mass is 405 g/mol. The molecule has 7 nitrogen and oxygen atoms in total. The number of methoxy groups -OCH3 is 4. The number of amides is 1. The molecule has 0 unspecified atom stereocenters. The first-order valence-electron chi connectivity index (χ1n) is 8.43. The van der Waals surface area contributed by atoms with Crippen LogP contribution in [0.15, 0.2) is 41.3 Å². The molecule has 0 saturated heterocycles. The predicted octanol–water partition coefficient (Wildman–Crippen LogP) is 3.62. The van der Waals surface area contributed by atoms with Gasteiger partial charge in [0, 0.05) is 29.2 Å². The minimum absolute atomic E-state index is 0.191. The maximum atomic E-state index is 12.4. The van der Waals surface area contributed by atoms with Crippen molar-refractivity contribution in [2.24, 2.45) is 0 Å². The van der Waals surface area contributed by atoms with Gasteiger partial charge in [-0.25, -0.2) is 4.79 Å². The van der Waals surface area contributed by atoms with Gasteiger partial charge in [-0.2, -0.15) is 0 Å². The Morgan fingerprint density at radius 2 is 1.57 bits per heavy atom. The molecule has 8 heteroatoms. The summed E-state index contributed by atoms with van der Waals surface area (Å²) in [6, 6.07) is 10.6. The maximum absolute atomic E-state index is 12.4. The van der Waals surface area contributed by atoms with E-state index >= 15 is 0 Å². The summed E-state index contributed by atoms with van der Waals surface area (Å²) in [5, 5.41) is 2.75. The second-order valence-electron chi connectivity index (χ2n) is 5.57. The van der Waals surface area contributed by atoms with Gasteiger partial charge in [-0.15, -0.1) is 11.8 Å². The van der Waals surface area contributed by atoms with E-state index in [0.29, 0.717) is 22.9 Å². The zero-order valence-electron chi connectivity index (χ0n) is 16.2. The molecule has 0 aliphatic heterocycles. The van der Waals surface area contributed by atoms with E-state index in [-0.39, 0.29) is 17.9 Å². The fraction of sp³-hybridized carbons (Fsp3) is 0.300. The van der Waals surface area contributed by atoms with Crippen LogP contribution in [0.2, 0.25) is 0 Å². The number of carbonyl (C=O) groups is 2. The molecule has 0 saturated carbocycles. The van der Waals surface area contributed by atoms with E-state index in [0.717, 1.165) is 10.6 Å². The van der Waals surface area contributed by atoms with Crippen LogP contribution in [0, 0.1) is 0 Å². The average molecular weight is 405 g/mol. The number of nitrogens with one attached hydrogen (secondary N) is 1. The zero-order chi connectivity index (χ0) is 20.5. The molecule has 0 fully saturated rings. The van der Waals surface area contributed by atoms with Crippen molar-refractivity contribution in [1.29, 1.82) is 0 Å². The summed E-state index contributed by atoms with van der Waals surface area (Å²) in [6.07, 6.45) is 0.269. The molecule has 0 heterocycles. The van der Waals surface area contributed by atoms with Crippen molar-refractivity contribution in [1.82, 2.24) is 0 Å². The summed E-state index contributed by atoms with van der Waals surface area (Å²) in [6.45, 7) is 0. The van der Waals surface area contributed by atoms with Gasteiger partial charge in [0.15, 0.2) is 11.5 Å². The van der Waals surface area contributed by atoms with Crippen molar-refractivity contribution in [3.05, 3.63) is 42.0 Å². The van der Waals surface area contributed by atoms with Crippen molar-refractivity contribution >= 4 is 29.3 Å². The van der Waals surface area contributed by atoms with Crippen LogP contribution in [-0.2, 0) is 9.53 Å². The van der Waals surface area contributed by atoms with Crippen LogP contribution in [0.5, 0.6) is 17.2 Å². The number of rotatable bonds is 9. The highest BCUT2D eigenvalue weighted by Gasteiger charge is 2.19. The van der Waals surface area contributed by atoms with Gasteiger partial charge in [-0.3, -0.25) is 4.79 Å². The number of hydrogen-bond donors (Lipinski definition) is 1. The van der Waals surface area contributed by atoms with Crippen LogP contribution in [0.25, 0.3) is 0 Å². The lowest BCUT2D eigenvalue weighted by Gasteiger charge is -2.14. The number of anilines is 1. The predicted molar refractivity (Wildman–Crippen MR) is 108 cm³/mol. The third-order valence-electron chi connectivity index (χ3n) is 3.86. The molecule has 0 aliphatic rings. The molecule has 0 bridgehead atoms. The van der Waals surface area contributed by atoms with Crippen molar-refractivity contribution < 1.29 is 28.5 Å². The van der Waals surface area contributed by atoms with Gasteiger partial charge < -0.3 is 24.3 Å². The summed E-state index contributed by atoms with van der Waals surface area (Å²) in [5.74, 6) is 1.33. The Hall–Kier alpha value is -2.87. The number of hydrogen-bond acceptors (Lipinski definition) is 7.